The van der Waals surface area contributed by atoms with Crippen molar-refractivity contribution < 1.29 is 8.42 Å². The second kappa shape index (κ2) is 8.19. The molecule has 2 fully saturated rings. The minimum Gasteiger partial charge on any atom is -0.354 e. The van der Waals surface area contributed by atoms with E-state index in [1.807, 2.05) is 37.4 Å². The van der Waals surface area contributed by atoms with Crippen LogP contribution < -0.4 is 4.90 Å². The Morgan fingerprint density at radius 2 is 1.57 bits per heavy atom. The molecule has 4 rings (SSSR count). The third-order valence-electron chi connectivity index (χ3n) is 5.89. The predicted octanol–water partition coefficient (Wildman–Crippen LogP) is 2.37. The maximum absolute atomic E-state index is 12.9. The van der Waals surface area contributed by atoms with E-state index in [0.29, 0.717) is 24.0 Å². The second-order valence-corrected chi connectivity index (χ2v) is 9.60. The van der Waals surface area contributed by atoms with E-state index < -0.39 is 10.0 Å². The molecule has 2 aliphatic rings. The van der Waals surface area contributed by atoms with Crippen molar-refractivity contribution in [1.82, 2.24) is 14.2 Å². The minimum atomic E-state index is -3.38. The molecule has 0 radical (unpaired) electrons. The van der Waals surface area contributed by atoms with Crippen molar-refractivity contribution in [2.45, 2.75) is 30.7 Å². The van der Waals surface area contributed by atoms with Gasteiger partial charge >= 0.3 is 0 Å². The first-order chi connectivity index (χ1) is 13.5. The molecular formula is C21H28N4O2S. The number of pyridine rings is 1. The highest BCUT2D eigenvalue weighted by atomic mass is 32.2. The lowest BCUT2D eigenvalue weighted by Crippen LogP contribution is -2.53. The molecule has 28 heavy (non-hydrogen) atoms. The summed E-state index contributed by atoms with van der Waals surface area (Å²) in [5.41, 5.74) is 1.07. The second-order valence-electron chi connectivity index (χ2n) is 7.66. The van der Waals surface area contributed by atoms with E-state index in [1.54, 1.807) is 16.4 Å². The van der Waals surface area contributed by atoms with Crippen molar-refractivity contribution >= 4 is 15.8 Å². The Kier molecular flexibility index (Phi) is 5.66. The van der Waals surface area contributed by atoms with E-state index in [4.69, 9.17) is 0 Å². The summed E-state index contributed by atoms with van der Waals surface area (Å²) >= 11 is 0. The molecule has 2 aliphatic heterocycles. The van der Waals surface area contributed by atoms with E-state index in [-0.39, 0.29) is 0 Å². The number of piperidine rings is 1. The molecule has 1 aromatic carbocycles. The lowest BCUT2D eigenvalue weighted by atomic mass is 10.0. The van der Waals surface area contributed by atoms with E-state index in [1.165, 1.54) is 0 Å². The molecule has 6 nitrogen and oxygen atoms in total. The Morgan fingerprint density at radius 3 is 2.18 bits per heavy atom. The number of benzene rings is 1. The van der Waals surface area contributed by atoms with Gasteiger partial charge in [0.25, 0.3) is 0 Å². The number of hydrogen-bond donors (Lipinski definition) is 0. The third kappa shape index (κ3) is 4.06. The quantitative estimate of drug-likeness (QED) is 0.789. The van der Waals surface area contributed by atoms with Gasteiger partial charge in [0.1, 0.15) is 5.82 Å². The van der Waals surface area contributed by atoms with E-state index in [9.17, 15) is 8.42 Å². The molecule has 7 heteroatoms. The van der Waals surface area contributed by atoms with Gasteiger partial charge in [0.2, 0.25) is 10.0 Å². The largest absolute Gasteiger partial charge is 0.354 e. The van der Waals surface area contributed by atoms with Gasteiger partial charge in [-0.3, -0.25) is 4.90 Å². The van der Waals surface area contributed by atoms with Crippen molar-refractivity contribution in [1.29, 1.82) is 0 Å². The van der Waals surface area contributed by atoms with Crippen LogP contribution in [0.25, 0.3) is 0 Å². The topological polar surface area (TPSA) is 56.8 Å². The van der Waals surface area contributed by atoms with Crippen LogP contribution in [0, 0.1) is 6.92 Å². The zero-order valence-corrected chi connectivity index (χ0v) is 17.2. The number of nitrogens with zero attached hydrogens (tertiary/aromatic N) is 4. The summed E-state index contributed by atoms with van der Waals surface area (Å²) in [4.78, 5) is 9.70. The first-order valence-corrected chi connectivity index (χ1v) is 11.4. The summed E-state index contributed by atoms with van der Waals surface area (Å²) < 4.78 is 27.4. The number of rotatable bonds is 4. The standard InChI is InChI=1S/C21H28N4O2S/c1-18-5-7-20(8-6-18)28(26,27)25-12-9-19(10-13-25)23-14-16-24(17-15-23)21-4-2-3-11-22-21/h2-8,11,19H,9-10,12-17H2,1H3. The van der Waals surface area contributed by atoms with Gasteiger partial charge in [-0.05, 0) is 44.0 Å². The Hall–Kier alpha value is -1.96. The van der Waals surface area contributed by atoms with Gasteiger partial charge in [-0.1, -0.05) is 23.8 Å². The average molecular weight is 401 g/mol. The zero-order valence-electron chi connectivity index (χ0n) is 16.4. The molecule has 0 aliphatic carbocycles. The maximum atomic E-state index is 12.9. The molecule has 0 atom stereocenters. The molecule has 2 aromatic rings. The molecule has 2 saturated heterocycles. The molecule has 0 bridgehead atoms. The number of anilines is 1. The molecule has 0 amide bonds. The van der Waals surface area contributed by atoms with Crippen molar-refractivity contribution in [3.8, 4) is 0 Å². The summed E-state index contributed by atoms with van der Waals surface area (Å²) in [6.45, 7) is 7.12. The highest BCUT2D eigenvalue weighted by Gasteiger charge is 2.32. The molecule has 1 aromatic heterocycles. The normalized spacial score (nSPS) is 20.4. The summed E-state index contributed by atoms with van der Waals surface area (Å²) in [7, 11) is -3.38. The number of sulfonamides is 1. The van der Waals surface area contributed by atoms with Gasteiger partial charge in [0, 0.05) is 51.5 Å². The van der Waals surface area contributed by atoms with Crippen LogP contribution in [-0.4, -0.2) is 67.9 Å². The van der Waals surface area contributed by atoms with Gasteiger partial charge in [-0.15, -0.1) is 0 Å². The smallest absolute Gasteiger partial charge is 0.243 e. The Bertz CT molecular complexity index is 870. The molecule has 0 N–H and O–H groups in total. The Labute approximate surface area is 167 Å². The Balaban J connectivity index is 1.32. The zero-order chi connectivity index (χ0) is 19.6. The van der Waals surface area contributed by atoms with E-state index in [2.05, 4.69) is 20.9 Å². The summed E-state index contributed by atoms with van der Waals surface area (Å²) in [6.07, 6.45) is 3.63. The van der Waals surface area contributed by atoms with Crippen LogP contribution in [0.1, 0.15) is 18.4 Å². The lowest BCUT2D eigenvalue weighted by Gasteiger charge is -2.42. The molecule has 0 spiro atoms. The van der Waals surface area contributed by atoms with Gasteiger partial charge in [0.15, 0.2) is 0 Å². The first-order valence-electron chi connectivity index (χ1n) is 10.0. The monoisotopic (exact) mass is 400 g/mol. The van der Waals surface area contributed by atoms with Gasteiger partial charge in [-0.2, -0.15) is 4.31 Å². The van der Waals surface area contributed by atoms with E-state index >= 15 is 0 Å². The maximum Gasteiger partial charge on any atom is 0.243 e. The predicted molar refractivity (Wildman–Crippen MR) is 111 cm³/mol. The van der Waals surface area contributed by atoms with Crippen LogP contribution in [0.4, 0.5) is 5.82 Å². The molecule has 0 unspecified atom stereocenters. The van der Waals surface area contributed by atoms with Crippen LogP contribution in [0.2, 0.25) is 0 Å². The lowest BCUT2D eigenvalue weighted by molar-refractivity contribution is 0.132. The van der Waals surface area contributed by atoms with Gasteiger partial charge in [0.05, 0.1) is 4.90 Å². The fourth-order valence-electron chi connectivity index (χ4n) is 4.16. The van der Waals surface area contributed by atoms with Crippen molar-refractivity contribution in [2.75, 3.05) is 44.2 Å². The first kappa shape index (κ1) is 19.4. The van der Waals surface area contributed by atoms with Crippen LogP contribution in [0.5, 0.6) is 0 Å². The van der Waals surface area contributed by atoms with Crippen molar-refractivity contribution in [2.24, 2.45) is 0 Å². The van der Waals surface area contributed by atoms with Crippen LogP contribution in [0.15, 0.2) is 53.6 Å². The number of hydrogen-bond acceptors (Lipinski definition) is 5. The Morgan fingerprint density at radius 1 is 0.893 bits per heavy atom. The third-order valence-corrected chi connectivity index (χ3v) is 7.80. The van der Waals surface area contributed by atoms with Gasteiger partial charge in [-0.25, -0.2) is 13.4 Å². The summed E-state index contributed by atoms with van der Waals surface area (Å²) in [6, 6.07) is 13.7. The summed E-state index contributed by atoms with van der Waals surface area (Å²) in [5, 5.41) is 0. The van der Waals surface area contributed by atoms with Crippen molar-refractivity contribution in [3.63, 3.8) is 0 Å². The average Bonchev–Trinajstić information content (AvgIpc) is 2.75. The van der Waals surface area contributed by atoms with Crippen LogP contribution in [-0.2, 0) is 10.0 Å². The van der Waals surface area contributed by atoms with E-state index in [0.717, 1.165) is 50.4 Å². The molecule has 150 valence electrons. The fraction of sp³-hybridized carbons (Fsp3) is 0.476. The van der Waals surface area contributed by atoms with Crippen LogP contribution >= 0.6 is 0 Å². The van der Waals surface area contributed by atoms with Crippen LogP contribution in [0.3, 0.4) is 0 Å². The number of piperazine rings is 1. The molecular weight excluding hydrogens is 372 g/mol. The highest BCUT2D eigenvalue weighted by molar-refractivity contribution is 7.89. The molecule has 0 saturated carbocycles. The number of aryl methyl sites for hydroxylation is 1. The fourth-order valence-corrected chi connectivity index (χ4v) is 5.63. The number of aromatic nitrogens is 1. The summed E-state index contributed by atoms with van der Waals surface area (Å²) in [5.74, 6) is 1.04. The molecule has 3 heterocycles. The van der Waals surface area contributed by atoms with Gasteiger partial charge < -0.3 is 4.90 Å². The minimum absolute atomic E-state index is 0.403. The SMILES string of the molecule is Cc1ccc(S(=O)(=O)N2CCC(N3CCN(c4ccccn4)CC3)CC2)cc1. The highest BCUT2D eigenvalue weighted by Crippen LogP contribution is 2.24. The van der Waals surface area contributed by atoms with Crippen molar-refractivity contribution in [3.05, 3.63) is 54.2 Å².